The number of β-amino-alcohol motifs (C(OH)–C–C–N with tert-alkyl or cyclic N) is 1. The van der Waals surface area contributed by atoms with Crippen LogP contribution in [0.25, 0.3) is 0 Å². The van der Waals surface area contributed by atoms with Crippen LogP contribution in [0.4, 0.5) is 5.13 Å². The van der Waals surface area contributed by atoms with Crippen molar-refractivity contribution in [2.24, 2.45) is 5.92 Å². The molecule has 0 spiro atoms. The second-order valence-corrected chi connectivity index (χ2v) is 10.1. The lowest BCUT2D eigenvalue weighted by Gasteiger charge is -2.26. The number of morpholine rings is 1. The number of rotatable bonds is 6. The van der Waals surface area contributed by atoms with Crippen LogP contribution < -0.4 is 4.90 Å². The van der Waals surface area contributed by atoms with Crippen LogP contribution in [0.3, 0.4) is 0 Å². The molecule has 0 aromatic carbocycles. The van der Waals surface area contributed by atoms with Crippen molar-refractivity contribution < 1.29 is 18.3 Å². The third-order valence-corrected chi connectivity index (χ3v) is 7.67. The SMILES string of the molecule is CN(C)S(=O)(=O)C[C@@H]1CN(Cc2cnc(N3CCOCC3)s2)C[C@H]1O. The van der Waals surface area contributed by atoms with E-state index in [0.717, 1.165) is 36.3 Å². The Kier molecular flexibility index (Phi) is 5.96. The van der Waals surface area contributed by atoms with Gasteiger partial charge in [0.15, 0.2) is 5.13 Å². The Morgan fingerprint density at radius 1 is 1.36 bits per heavy atom. The minimum atomic E-state index is -3.30. The van der Waals surface area contributed by atoms with Gasteiger partial charge in [-0.05, 0) is 0 Å². The molecule has 2 saturated heterocycles. The Labute approximate surface area is 153 Å². The molecule has 0 saturated carbocycles. The van der Waals surface area contributed by atoms with Gasteiger partial charge in [0.05, 0.1) is 25.1 Å². The number of aliphatic hydroxyl groups is 1. The second-order valence-electron chi connectivity index (χ2n) is 6.79. The van der Waals surface area contributed by atoms with Crippen molar-refractivity contribution in [3.8, 4) is 0 Å². The maximum absolute atomic E-state index is 12.0. The highest BCUT2D eigenvalue weighted by Crippen LogP contribution is 2.27. The summed E-state index contributed by atoms with van der Waals surface area (Å²) in [6.07, 6.45) is 1.27. The van der Waals surface area contributed by atoms with Gasteiger partial charge in [0, 0.05) is 63.8 Å². The van der Waals surface area contributed by atoms with Gasteiger partial charge in [0.2, 0.25) is 10.0 Å². The molecule has 3 heterocycles. The molecular weight excluding hydrogens is 364 g/mol. The lowest BCUT2D eigenvalue weighted by atomic mass is 10.1. The Morgan fingerprint density at radius 3 is 2.76 bits per heavy atom. The van der Waals surface area contributed by atoms with Crippen molar-refractivity contribution in [1.29, 1.82) is 0 Å². The number of thiazole rings is 1. The quantitative estimate of drug-likeness (QED) is 0.711. The lowest BCUT2D eigenvalue weighted by Crippen LogP contribution is -2.36. The van der Waals surface area contributed by atoms with E-state index in [2.05, 4.69) is 14.8 Å². The first-order valence-corrected chi connectivity index (χ1v) is 10.9. The summed E-state index contributed by atoms with van der Waals surface area (Å²) in [6, 6.07) is 0. The number of aliphatic hydroxyl groups excluding tert-OH is 1. The summed E-state index contributed by atoms with van der Waals surface area (Å²) in [4.78, 5) is 9.96. The van der Waals surface area contributed by atoms with Crippen LogP contribution in [0.15, 0.2) is 6.20 Å². The number of hydrogen-bond donors (Lipinski definition) is 1. The highest BCUT2D eigenvalue weighted by molar-refractivity contribution is 7.89. The molecular formula is C15H26N4O4S2. The molecule has 1 N–H and O–H groups in total. The van der Waals surface area contributed by atoms with Crippen molar-refractivity contribution in [1.82, 2.24) is 14.2 Å². The number of ether oxygens (including phenoxy) is 1. The van der Waals surface area contributed by atoms with E-state index in [9.17, 15) is 13.5 Å². The Hall–Kier alpha value is -0.780. The van der Waals surface area contributed by atoms with E-state index in [1.165, 1.54) is 18.4 Å². The van der Waals surface area contributed by atoms with Crippen LogP contribution >= 0.6 is 11.3 Å². The highest BCUT2D eigenvalue weighted by atomic mass is 32.2. The van der Waals surface area contributed by atoms with Crippen molar-refractivity contribution in [2.45, 2.75) is 12.6 Å². The summed E-state index contributed by atoms with van der Waals surface area (Å²) in [5.41, 5.74) is 0. The van der Waals surface area contributed by atoms with Crippen LogP contribution in [0.5, 0.6) is 0 Å². The zero-order valence-electron chi connectivity index (χ0n) is 14.7. The fraction of sp³-hybridized carbons (Fsp3) is 0.800. The monoisotopic (exact) mass is 390 g/mol. The average molecular weight is 391 g/mol. The molecule has 0 unspecified atom stereocenters. The van der Waals surface area contributed by atoms with E-state index in [1.54, 1.807) is 11.3 Å². The summed E-state index contributed by atoms with van der Waals surface area (Å²) >= 11 is 1.66. The first-order valence-electron chi connectivity index (χ1n) is 8.43. The molecule has 8 nitrogen and oxygen atoms in total. The van der Waals surface area contributed by atoms with Gasteiger partial charge >= 0.3 is 0 Å². The van der Waals surface area contributed by atoms with E-state index in [0.29, 0.717) is 19.6 Å². The number of likely N-dealkylation sites (tertiary alicyclic amines) is 1. The van der Waals surface area contributed by atoms with Gasteiger partial charge in [-0.15, -0.1) is 11.3 Å². The van der Waals surface area contributed by atoms with Gasteiger partial charge in [-0.25, -0.2) is 17.7 Å². The summed E-state index contributed by atoms with van der Waals surface area (Å²) in [7, 11) is -0.249. The standard InChI is InChI=1S/C15H26N4O4S2/c1-17(2)25(21,22)11-12-8-18(10-14(12)20)9-13-7-16-15(24-13)19-3-5-23-6-4-19/h7,12,14,20H,3-6,8-11H2,1-2H3/t12-,14+/m0/s1. The third kappa shape index (κ3) is 4.69. The molecule has 2 atom stereocenters. The Bertz CT molecular complexity index is 673. The molecule has 142 valence electrons. The molecule has 0 bridgehead atoms. The number of anilines is 1. The third-order valence-electron chi connectivity index (χ3n) is 4.67. The van der Waals surface area contributed by atoms with Crippen LogP contribution in [0.2, 0.25) is 0 Å². The van der Waals surface area contributed by atoms with Gasteiger partial charge in [0.25, 0.3) is 0 Å². The molecule has 10 heteroatoms. The minimum absolute atomic E-state index is 0.0145. The molecule has 2 fully saturated rings. The minimum Gasteiger partial charge on any atom is -0.391 e. The molecule has 2 aliphatic heterocycles. The van der Waals surface area contributed by atoms with E-state index < -0.39 is 16.1 Å². The van der Waals surface area contributed by atoms with Crippen molar-refractivity contribution in [3.63, 3.8) is 0 Å². The smallest absolute Gasteiger partial charge is 0.214 e. The first-order chi connectivity index (χ1) is 11.8. The molecule has 1 aromatic heterocycles. The Morgan fingerprint density at radius 2 is 2.08 bits per heavy atom. The van der Waals surface area contributed by atoms with E-state index in [1.807, 2.05) is 6.20 Å². The fourth-order valence-electron chi connectivity index (χ4n) is 3.15. The lowest BCUT2D eigenvalue weighted by molar-refractivity contribution is 0.122. The molecule has 25 heavy (non-hydrogen) atoms. The highest BCUT2D eigenvalue weighted by Gasteiger charge is 2.35. The van der Waals surface area contributed by atoms with Gasteiger partial charge in [0.1, 0.15) is 0 Å². The second kappa shape index (κ2) is 7.85. The molecule has 2 aliphatic rings. The summed E-state index contributed by atoms with van der Waals surface area (Å²) in [5, 5.41) is 11.2. The zero-order chi connectivity index (χ0) is 18.0. The van der Waals surface area contributed by atoms with E-state index in [4.69, 9.17) is 4.74 Å². The van der Waals surface area contributed by atoms with E-state index >= 15 is 0 Å². The van der Waals surface area contributed by atoms with Crippen molar-refractivity contribution in [3.05, 3.63) is 11.1 Å². The van der Waals surface area contributed by atoms with Gasteiger partial charge < -0.3 is 14.7 Å². The largest absolute Gasteiger partial charge is 0.391 e. The fourth-order valence-corrected chi connectivity index (χ4v) is 5.32. The number of sulfonamides is 1. The van der Waals surface area contributed by atoms with Gasteiger partial charge in [-0.1, -0.05) is 0 Å². The van der Waals surface area contributed by atoms with Crippen LogP contribution in [0.1, 0.15) is 4.88 Å². The van der Waals surface area contributed by atoms with Crippen LogP contribution in [-0.2, 0) is 21.3 Å². The van der Waals surface area contributed by atoms with Crippen LogP contribution in [-0.4, -0.2) is 93.1 Å². The summed E-state index contributed by atoms with van der Waals surface area (Å²) in [5.74, 6) is -0.265. The Balaban J connectivity index is 1.56. The van der Waals surface area contributed by atoms with Gasteiger partial charge in [-0.2, -0.15) is 0 Å². The molecule has 3 rings (SSSR count). The van der Waals surface area contributed by atoms with Gasteiger partial charge in [-0.3, -0.25) is 4.90 Å². The maximum Gasteiger partial charge on any atom is 0.214 e. The normalized spacial score (nSPS) is 25.8. The molecule has 0 radical (unpaired) electrons. The predicted octanol–water partition coefficient (Wildman–Crippen LogP) is -0.336. The molecule has 0 aliphatic carbocycles. The summed E-state index contributed by atoms with van der Waals surface area (Å²) < 4.78 is 30.7. The van der Waals surface area contributed by atoms with E-state index in [-0.39, 0.29) is 11.7 Å². The van der Waals surface area contributed by atoms with Crippen molar-refractivity contribution >= 4 is 26.5 Å². The topological polar surface area (TPSA) is 86.2 Å². The maximum atomic E-state index is 12.0. The number of hydrogen-bond acceptors (Lipinski definition) is 8. The number of nitrogens with zero attached hydrogens (tertiary/aromatic N) is 4. The predicted molar refractivity (Wildman–Crippen MR) is 97.4 cm³/mol. The molecule has 1 aromatic rings. The zero-order valence-corrected chi connectivity index (χ0v) is 16.3. The summed E-state index contributed by atoms with van der Waals surface area (Å²) in [6.45, 7) is 4.96. The van der Waals surface area contributed by atoms with Crippen LogP contribution in [0, 0.1) is 5.92 Å². The average Bonchev–Trinajstić information content (AvgIpc) is 3.15. The molecule has 0 amide bonds. The van der Waals surface area contributed by atoms with Crippen molar-refractivity contribution in [2.75, 3.05) is 64.1 Å². The first kappa shape index (κ1) is 19.0. The number of aromatic nitrogens is 1.